The number of carboxylic acids is 1. The van der Waals surface area contributed by atoms with Crippen molar-refractivity contribution in [3.8, 4) is 5.75 Å². The van der Waals surface area contributed by atoms with E-state index in [1.807, 2.05) is 38.1 Å². The maximum atomic E-state index is 13.0. The Bertz CT molecular complexity index is 1350. The lowest BCUT2D eigenvalue weighted by atomic mass is 9.95. The summed E-state index contributed by atoms with van der Waals surface area (Å²) in [6.45, 7) is 10.4. The highest BCUT2D eigenvalue weighted by atomic mass is 32.1. The van der Waals surface area contributed by atoms with Gasteiger partial charge in [0.2, 0.25) is 0 Å². The SMILES string of the molecule is CC.CCCCC(C)CN(c1ccccc1)c1cc(S)c(OCC(=O)N[C@@H](C(=O)C[C@@H](C)C(=O)O)c2ccccc2)cc1S.O.O.O.O. The van der Waals surface area contributed by atoms with Crippen molar-refractivity contribution >= 4 is 54.3 Å². The van der Waals surface area contributed by atoms with E-state index in [9.17, 15) is 19.5 Å². The molecule has 0 aromatic heterocycles. The summed E-state index contributed by atoms with van der Waals surface area (Å²) >= 11 is 9.43. The molecule has 11 nitrogen and oxygen atoms in total. The van der Waals surface area contributed by atoms with Gasteiger partial charge in [-0.2, -0.15) is 0 Å². The van der Waals surface area contributed by atoms with Gasteiger partial charge in [-0.3, -0.25) is 14.4 Å². The van der Waals surface area contributed by atoms with Gasteiger partial charge < -0.3 is 42.0 Å². The molecular weight excluding hydrogens is 657 g/mol. The highest BCUT2D eigenvalue weighted by Crippen LogP contribution is 2.38. The molecule has 0 spiro atoms. The van der Waals surface area contributed by atoms with Crippen molar-refractivity contribution in [2.75, 3.05) is 18.1 Å². The number of thiol groups is 2. The first-order valence-corrected chi connectivity index (χ1v) is 16.1. The summed E-state index contributed by atoms with van der Waals surface area (Å²) in [6.07, 6.45) is 3.22. The first-order chi connectivity index (χ1) is 21.1. The molecule has 3 rings (SSSR count). The fourth-order valence-electron chi connectivity index (χ4n) is 4.63. The maximum absolute atomic E-state index is 13.0. The molecule has 3 aromatic rings. The minimum atomic E-state index is -1.07. The summed E-state index contributed by atoms with van der Waals surface area (Å²) < 4.78 is 5.83. The van der Waals surface area contributed by atoms with E-state index in [-0.39, 0.29) is 34.9 Å². The van der Waals surface area contributed by atoms with Crippen LogP contribution in [-0.2, 0) is 14.4 Å². The molecule has 48 heavy (non-hydrogen) atoms. The number of ketones is 1. The van der Waals surface area contributed by atoms with Crippen molar-refractivity contribution in [1.29, 1.82) is 0 Å². The minimum Gasteiger partial charge on any atom is -0.483 e. The van der Waals surface area contributed by atoms with Gasteiger partial charge in [0.05, 0.1) is 11.6 Å². The predicted molar refractivity (Wildman–Crippen MR) is 198 cm³/mol. The lowest BCUT2D eigenvalue weighted by Crippen LogP contribution is -2.37. The molecule has 0 aliphatic rings. The molecular formula is C35H54N2O9S2. The van der Waals surface area contributed by atoms with Gasteiger partial charge >= 0.3 is 5.97 Å². The van der Waals surface area contributed by atoms with Crippen LogP contribution in [-0.4, -0.2) is 57.8 Å². The second-order valence-electron chi connectivity index (χ2n) is 10.6. The minimum absolute atomic E-state index is 0. The molecule has 0 fully saturated rings. The molecule has 0 aliphatic carbocycles. The molecule has 0 radical (unpaired) electrons. The van der Waals surface area contributed by atoms with Gasteiger partial charge in [-0.05, 0) is 42.2 Å². The van der Waals surface area contributed by atoms with Gasteiger partial charge in [-0.1, -0.05) is 96.0 Å². The van der Waals surface area contributed by atoms with Crippen molar-refractivity contribution in [3.05, 3.63) is 78.4 Å². The third-order valence-corrected chi connectivity index (χ3v) is 7.72. The van der Waals surface area contributed by atoms with Gasteiger partial charge in [0.25, 0.3) is 5.91 Å². The summed E-state index contributed by atoms with van der Waals surface area (Å²) in [5.74, 6) is -2.01. The van der Waals surface area contributed by atoms with Crippen LogP contribution in [0.5, 0.6) is 5.75 Å². The van der Waals surface area contributed by atoms with Gasteiger partial charge in [-0.15, -0.1) is 25.3 Å². The number of nitrogens with one attached hydrogen (secondary N) is 1. The monoisotopic (exact) mass is 710 g/mol. The van der Waals surface area contributed by atoms with E-state index in [1.54, 1.807) is 36.4 Å². The number of carbonyl (C=O) groups excluding carboxylic acids is 2. The molecule has 0 heterocycles. The third-order valence-electron chi connectivity index (χ3n) is 7.01. The lowest BCUT2D eigenvalue weighted by molar-refractivity contribution is -0.143. The van der Waals surface area contributed by atoms with Gasteiger partial charge in [0.1, 0.15) is 11.8 Å². The number of para-hydroxylation sites is 1. The van der Waals surface area contributed by atoms with Crippen molar-refractivity contribution in [2.24, 2.45) is 11.8 Å². The third kappa shape index (κ3) is 15.1. The zero-order chi connectivity index (χ0) is 32.6. The Morgan fingerprint density at radius 2 is 1.44 bits per heavy atom. The molecule has 1 unspecified atom stereocenters. The summed E-state index contributed by atoms with van der Waals surface area (Å²) in [4.78, 5) is 40.7. The van der Waals surface area contributed by atoms with Crippen LogP contribution in [0.15, 0.2) is 82.6 Å². The normalized spacial score (nSPS) is 11.6. The zero-order valence-corrected chi connectivity index (χ0v) is 30.1. The first-order valence-electron chi connectivity index (χ1n) is 15.2. The second kappa shape index (κ2) is 25.4. The first kappa shape index (κ1) is 48.8. The van der Waals surface area contributed by atoms with E-state index in [2.05, 4.69) is 48.8 Å². The fourth-order valence-corrected chi connectivity index (χ4v) is 5.19. The maximum Gasteiger partial charge on any atom is 0.306 e. The Balaban J connectivity index is -0.00000331. The molecule has 13 heteroatoms. The summed E-state index contributed by atoms with van der Waals surface area (Å²) in [7, 11) is 0. The topological polar surface area (TPSA) is 222 Å². The number of carbonyl (C=O) groups is 3. The molecule has 0 saturated heterocycles. The van der Waals surface area contributed by atoms with Crippen molar-refractivity contribution in [2.45, 2.75) is 76.1 Å². The molecule has 0 bridgehead atoms. The van der Waals surface area contributed by atoms with Crippen molar-refractivity contribution in [1.82, 2.24) is 5.32 Å². The number of anilines is 2. The number of nitrogens with zero attached hydrogens (tertiary/aromatic N) is 1. The van der Waals surface area contributed by atoms with E-state index in [1.165, 1.54) is 13.3 Å². The Kier molecular flexibility index (Phi) is 25.9. The Labute approximate surface area is 295 Å². The molecule has 10 N–H and O–H groups in total. The van der Waals surface area contributed by atoms with Crippen LogP contribution in [0.4, 0.5) is 11.4 Å². The van der Waals surface area contributed by atoms with Crippen LogP contribution < -0.4 is 15.0 Å². The van der Waals surface area contributed by atoms with Crippen LogP contribution in [0.3, 0.4) is 0 Å². The van der Waals surface area contributed by atoms with E-state index < -0.39 is 29.6 Å². The predicted octanol–water partition coefficient (Wildman–Crippen LogP) is 4.87. The Morgan fingerprint density at radius 1 is 0.875 bits per heavy atom. The summed E-state index contributed by atoms with van der Waals surface area (Å²) in [5, 5.41) is 12.0. The van der Waals surface area contributed by atoms with Gasteiger partial charge in [-0.25, -0.2) is 0 Å². The van der Waals surface area contributed by atoms with Gasteiger partial charge in [0, 0.05) is 28.4 Å². The number of unbranched alkanes of at least 4 members (excludes halogenated alkanes) is 1. The number of amides is 1. The highest BCUT2D eigenvalue weighted by molar-refractivity contribution is 7.81. The lowest BCUT2D eigenvalue weighted by Gasteiger charge is -2.30. The largest absolute Gasteiger partial charge is 0.483 e. The second-order valence-corrected chi connectivity index (χ2v) is 11.6. The van der Waals surface area contributed by atoms with Gasteiger partial charge in [0.15, 0.2) is 12.4 Å². The number of carboxylic acid groups (broad SMARTS) is 1. The number of Topliss-reactive ketones (excluding diaryl/α,β-unsaturated/α-hetero) is 1. The van der Waals surface area contributed by atoms with Crippen LogP contribution in [0, 0.1) is 11.8 Å². The quantitative estimate of drug-likeness (QED) is 0.152. The smallest absolute Gasteiger partial charge is 0.306 e. The van der Waals surface area contributed by atoms with Crippen molar-refractivity contribution in [3.63, 3.8) is 0 Å². The number of hydrogen-bond donors (Lipinski definition) is 4. The molecule has 3 aromatic carbocycles. The van der Waals surface area contributed by atoms with E-state index in [0.29, 0.717) is 27.0 Å². The zero-order valence-electron chi connectivity index (χ0n) is 28.3. The van der Waals surface area contributed by atoms with Crippen LogP contribution >= 0.6 is 25.3 Å². The standard InChI is InChI=1S/C33H40N2O5S2.C2H6.4H2O/c1-4-5-12-22(2)20-35(25-15-10-7-11-16-25)26-18-30(42)28(19-29(26)41)40-21-31(37)34-32(24-13-8-6-9-14-24)27(36)17-23(3)33(38)39;1-2;;;;/h6-11,13-16,18-19,22-23,32,41-42H,4-5,12,17,20-21H2,1-3H3,(H,34,37)(H,38,39);1-2H3;4*1H2/t22?,23-,32-;;;;;/m1...../s1. The average Bonchev–Trinajstić information content (AvgIpc) is 3.03. The van der Waals surface area contributed by atoms with E-state index in [4.69, 9.17) is 17.4 Å². The molecule has 270 valence electrons. The molecule has 3 atom stereocenters. The summed E-state index contributed by atoms with van der Waals surface area (Å²) in [6, 6.07) is 21.5. The Morgan fingerprint density at radius 3 is 1.98 bits per heavy atom. The number of rotatable bonds is 16. The van der Waals surface area contributed by atoms with Crippen molar-refractivity contribution < 1.29 is 46.1 Å². The highest BCUT2D eigenvalue weighted by Gasteiger charge is 2.26. The van der Waals surface area contributed by atoms with Crippen LogP contribution in [0.2, 0.25) is 0 Å². The average molecular weight is 711 g/mol. The number of ether oxygens (including phenoxy) is 1. The van der Waals surface area contributed by atoms with Crippen LogP contribution in [0.1, 0.15) is 71.9 Å². The van der Waals surface area contributed by atoms with E-state index >= 15 is 0 Å². The van der Waals surface area contributed by atoms with Crippen LogP contribution in [0.25, 0.3) is 0 Å². The number of hydrogen-bond acceptors (Lipinski definition) is 7. The summed E-state index contributed by atoms with van der Waals surface area (Å²) in [5.41, 5.74) is 2.50. The Hall–Kier alpha value is -3.59. The molecule has 1 amide bonds. The van der Waals surface area contributed by atoms with E-state index in [0.717, 1.165) is 30.8 Å². The number of benzene rings is 3. The fraction of sp³-hybridized carbons (Fsp3) is 0.400. The molecule has 0 aliphatic heterocycles. The number of aliphatic carboxylic acids is 1. The molecule has 0 saturated carbocycles.